The first-order chi connectivity index (χ1) is 15.3. The van der Waals surface area contributed by atoms with E-state index < -0.39 is 15.9 Å². The van der Waals surface area contributed by atoms with E-state index in [0.717, 1.165) is 0 Å². The maximum atomic E-state index is 13.0. The van der Waals surface area contributed by atoms with Crippen molar-refractivity contribution in [1.29, 1.82) is 0 Å². The Morgan fingerprint density at radius 3 is 2.47 bits per heavy atom. The smallest absolute Gasteiger partial charge is 0.264 e. The summed E-state index contributed by atoms with van der Waals surface area (Å²) < 4.78 is 33.0. The summed E-state index contributed by atoms with van der Waals surface area (Å²) >= 11 is 0. The van der Waals surface area contributed by atoms with Gasteiger partial charge in [-0.25, -0.2) is 13.4 Å². The normalized spacial score (nSPS) is 11.6. The Balaban J connectivity index is 1.58. The molecule has 1 N–H and O–H groups in total. The van der Waals surface area contributed by atoms with Crippen molar-refractivity contribution in [3.05, 3.63) is 84.3 Å². The molecule has 7 nitrogen and oxygen atoms in total. The molecule has 0 bridgehead atoms. The topological polar surface area (TPSA) is 92.5 Å². The van der Waals surface area contributed by atoms with E-state index in [2.05, 4.69) is 10.3 Å². The van der Waals surface area contributed by atoms with E-state index in [-0.39, 0.29) is 16.4 Å². The second kappa shape index (κ2) is 8.47. The second-order valence-corrected chi connectivity index (χ2v) is 9.65. The van der Waals surface area contributed by atoms with Gasteiger partial charge in [0.05, 0.1) is 10.6 Å². The Bertz CT molecular complexity index is 1380. The Morgan fingerprint density at radius 2 is 1.75 bits per heavy atom. The SMILES string of the molecule is CC(C)c1nc2cc(NC(=O)c3cccc(S(=O)(=O)N(C)c4ccccc4)c3)ccc2o1. The fourth-order valence-corrected chi connectivity index (χ4v) is 4.45. The van der Waals surface area contributed by atoms with Crippen LogP contribution >= 0.6 is 0 Å². The lowest BCUT2D eigenvalue weighted by atomic mass is 10.2. The molecule has 1 amide bonds. The molecule has 1 aromatic heterocycles. The number of anilines is 2. The molecule has 0 radical (unpaired) electrons. The molecular weight excluding hydrogens is 426 g/mol. The van der Waals surface area contributed by atoms with E-state index >= 15 is 0 Å². The molecule has 0 saturated heterocycles. The van der Waals surface area contributed by atoms with Gasteiger partial charge in [0.1, 0.15) is 5.52 Å². The average Bonchev–Trinajstić information content (AvgIpc) is 3.23. The number of sulfonamides is 1. The summed E-state index contributed by atoms with van der Waals surface area (Å²) in [5.41, 5.74) is 2.59. The van der Waals surface area contributed by atoms with Crippen LogP contribution in [0.25, 0.3) is 11.1 Å². The maximum absolute atomic E-state index is 13.0. The van der Waals surface area contributed by atoms with E-state index in [1.54, 1.807) is 54.6 Å². The molecule has 0 aliphatic heterocycles. The fraction of sp³-hybridized carbons (Fsp3) is 0.167. The number of carbonyl (C=O) groups excluding carboxylic acids is 1. The van der Waals surface area contributed by atoms with Crippen molar-refractivity contribution in [2.75, 3.05) is 16.7 Å². The summed E-state index contributed by atoms with van der Waals surface area (Å²) in [6.45, 7) is 3.98. The van der Waals surface area contributed by atoms with Gasteiger partial charge in [0.2, 0.25) is 0 Å². The molecule has 8 heteroatoms. The molecular formula is C24H23N3O4S. The molecule has 3 aromatic carbocycles. The molecule has 0 aliphatic rings. The van der Waals surface area contributed by atoms with E-state index in [4.69, 9.17) is 4.42 Å². The number of rotatable bonds is 6. The molecule has 1 heterocycles. The number of benzene rings is 3. The van der Waals surface area contributed by atoms with Crippen molar-refractivity contribution in [3.8, 4) is 0 Å². The van der Waals surface area contributed by atoms with E-state index in [1.807, 2.05) is 19.9 Å². The molecule has 164 valence electrons. The van der Waals surface area contributed by atoms with Crippen molar-refractivity contribution in [3.63, 3.8) is 0 Å². The quantitative estimate of drug-likeness (QED) is 0.446. The highest BCUT2D eigenvalue weighted by Gasteiger charge is 2.22. The maximum Gasteiger partial charge on any atom is 0.264 e. The average molecular weight is 450 g/mol. The van der Waals surface area contributed by atoms with Crippen LogP contribution in [0.3, 0.4) is 0 Å². The standard InChI is InChI=1S/C24H23N3O4S/c1-16(2)24-26-21-15-18(12-13-22(21)31-24)25-23(28)17-8-7-11-20(14-17)32(29,30)27(3)19-9-5-4-6-10-19/h4-16H,1-3H3,(H,25,28). The van der Waals surface area contributed by atoms with Crippen molar-refractivity contribution in [2.24, 2.45) is 0 Å². The Morgan fingerprint density at radius 1 is 1.00 bits per heavy atom. The lowest BCUT2D eigenvalue weighted by Crippen LogP contribution is -2.26. The van der Waals surface area contributed by atoms with Crippen LogP contribution in [-0.2, 0) is 10.0 Å². The van der Waals surface area contributed by atoms with Gasteiger partial charge in [0.15, 0.2) is 11.5 Å². The minimum atomic E-state index is -3.82. The van der Waals surface area contributed by atoms with E-state index in [0.29, 0.717) is 28.4 Å². The van der Waals surface area contributed by atoms with Gasteiger partial charge in [-0.1, -0.05) is 38.1 Å². The number of oxazole rings is 1. The number of hydrogen-bond acceptors (Lipinski definition) is 5. The van der Waals surface area contributed by atoms with E-state index in [1.165, 1.54) is 23.5 Å². The summed E-state index contributed by atoms with van der Waals surface area (Å²) in [6.07, 6.45) is 0. The van der Waals surface area contributed by atoms with Crippen molar-refractivity contribution in [2.45, 2.75) is 24.7 Å². The fourth-order valence-electron chi connectivity index (χ4n) is 3.21. The van der Waals surface area contributed by atoms with Crippen LogP contribution in [-0.4, -0.2) is 26.4 Å². The van der Waals surface area contributed by atoms with Crippen LogP contribution in [0.15, 0.2) is 82.1 Å². The lowest BCUT2D eigenvalue weighted by molar-refractivity contribution is 0.102. The van der Waals surface area contributed by atoms with Crippen molar-refractivity contribution >= 4 is 38.4 Å². The van der Waals surface area contributed by atoms with Crippen molar-refractivity contribution < 1.29 is 17.6 Å². The van der Waals surface area contributed by atoms with Crippen molar-refractivity contribution in [1.82, 2.24) is 4.98 Å². The van der Waals surface area contributed by atoms with Gasteiger partial charge < -0.3 is 9.73 Å². The monoisotopic (exact) mass is 449 g/mol. The van der Waals surface area contributed by atoms with Crippen LogP contribution in [0, 0.1) is 0 Å². The Kier molecular flexibility index (Phi) is 5.71. The van der Waals surface area contributed by atoms with Gasteiger partial charge in [0, 0.05) is 24.2 Å². The highest BCUT2D eigenvalue weighted by atomic mass is 32.2. The molecule has 0 saturated carbocycles. The zero-order valence-corrected chi connectivity index (χ0v) is 18.8. The third kappa shape index (κ3) is 4.22. The number of nitrogens with one attached hydrogen (secondary N) is 1. The third-order valence-corrected chi connectivity index (χ3v) is 6.81. The van der Waals surface area contributed by atoms with Gasteiger partial charge in [-0.3, -0.25) is 9.10 Å². The largest absolute Gasteiger partial charge is 0.440 e. The number of carbonyl (C=O) groups is 1. The van der Waals surface area contributed by atoms with Crippen LogP contribution in [0.2, 0.25) is 0 Å². The molecule has 4 rings (SSSR count). The van der Waals surface area contributed by atoms with E-state index in [9.17, 15) is 13.2 Å². The number of nitrogens with zero attached hydrogens (tertiary/aromatic N) is 2. The summed E-state index contributed by atoms with van der Waals surface area (Å²) in [5, 5.41) is 2.80. The summed E-state index contributed by atoms with van der Waals surface area (Å²) in [4.78, 5) is 17.3. The molecule has 32 heavy (non-hydrogen) atoms. The minimum Gasteiger partial charge on any atom is -0.440 e. The van der Waals surface area contributed by atoms with Crippen LogP contribution in [0.4, 0.5) is 11.4 Å². The molecule has 0 spiro atoms. The number of amides is 1. The van der Waals surface area contributed by atoms with Gasteiger partial charge in [0.25, 0.3) is 15.9 Å². The highest BCUT2D eigenvalue weighted by Crippen LogP contribution is 2.25. The number of aromatic nitrogens is 1. The lowest BCUT2D eigenvalue weighted by Gasteiger charge is -2.19. The highest BCUT2D eigenvalue weighted by molar-refractivity contribution is 7.92. The van der Waals surface area contributed by atoms with Crippen LogP contribution in [0.1, 0.15) is 36.0 Å². The first-order valence-corrected chi connectivity index (χ1v) is 11.6. The molecule has 0 aliphatic carbocycles. The van der Waals surface area contributed by atoms with Crippen LogP contribution < -0.4 is 9.62 Å². The van der Waals surface area contributed by atoms with Gasteiger partial charge >= 0.3 is 0 Å². The van der Waals surface area contributed by atoms with Gasteiger partial charge in [-0.05, 0) is 48.5 Å². The van der Waals surface area contributed by atoms with Crippen LogP contribution in [0.5, 0.6) is 0 Å². The summed E-state index contributed by atoms with van der Waals surface area (Å²) in [5.74, 6) is 0.361. The summed E-state index contributed by atoms with van der Waals surface area (Å²) in [7, 11) is -2.34. The Labute approximate surface area is 186 Å². The molecule has 0 fully saturated rings. The molecule has 0 unspecified atom stereocenters. The zero-order chi connectivity index (χ0) is 22.9. The Hall–Kier alpha value is -3.65. The predicted molar refractivity (Wildman–Crippen MR) is 125 cm³/mol. The van der Waals surface area contributed by atoms with Gasteiger partial charge in [-0.15, -0.1) is 0 Å². The number of para-hydroxylation sites is 1. The second-order valence-electron chi connectivity index (χ2n) is 7.68. The summed E-state index contributed by atoms with van der Waals surface area (Å²) in [6, 6.07) is 19.9. The first kappa shape index (κ1) is 21.6. The minimum absolute atomic E-state index is 0.0324. The molecule has 0 atom stereocenters. The molecule has 4 aromatic rings. The first-order valence-electron chi connectivity index (χ1n) is 10.1. The zero-order valence-electron chi connectivity index (χ0n) is 17.9. The predicted octanol–water partition coefficient (Wildman–Crippen LogP) is 5.03. The third-order valence-electron chi connectivity index (χ3n) is 5.03. The number of fused-ring (bicyclic) bond motifs is 1. The number of hydrogen-bond donors (Lipinski definition) is 1. The van der Waals surface area contributed by atoms with Gasteiger partial charge in [-0.2, -0.15) is 0 Å².